The van der Waals surface area contributed by atoms with Crippen molar-refractivity contribution in [3.63, 3.8) is 0 Å². The van der Waals surface area contributed by atoms with E-state index in [1.807, 2.05) is 0 Å². The van der Waals surface area contributed by atoms with Gasteiger partial charge in [-0.3, -0.25) is 0 Å². The fraction of sp³-hybridized carbons (Fsp3) is 0.111. The third-order valence-electron chi connectivity index (χ3n) is 13.8. The normalized spacial score (nSPS) is 17.3. The van der Waals surface area contributed by atoms with Crippen LogP contribution in [-0.2, 0) is 11.8 Å². The molecule has 0 spiro atoms. The quantitative estimate of drug-likeness (QED) is 0.133. The van der Waals surface area contributed by atoms with Gasteiger partial charge >= 0.3 is 0 Å². The number of hydrogen-bond donors (Lipinski definition) is 0. The van der Waals surface area contributed by atoms with Crippen LogP contribution in [-0.4, -0.2) is 0 Å². The van der Waals surface area contributed by atoms with Gasteiger partial charge in [-0.05, 0) is 147 Å². The third kappa shape index (κ3) is 7.08. The summed E-state index contributed by atoms with van der Waals surface area (Å²) in [5, 5.41) is 0. The van der Waals surface area contributed by atoms with Gasteiger partial charge in [0.1, 0.15) is 0 Å². The Morgan fingerprint density at radius 1 is 0.516 bits per heavy atom. The van der Waals surface area contributed by atoms with Crippen molar-refractivity contribution in [2.45, 2.75) is 43.9 Å². The third-order valence-corrected chi connectivity index (χ3v) is 13.8. The molecule has 8 aromatic rings. The molecule has 0 N–H and O–H groups in total. The number of aryl methyl sites for hydroxylation is 1. The van der Waals surface area contributed by atoms with Crippen LogP contribution >= 0.6 is 0 Å². The van der Waals surface area contributed by atoms with Crippen LogP contribution in [0.15, 0.2) is 248 Å². The second-order valence-electron chi connectivity index (χ2n) is 17.5. The topological polar surface area (TPSA) is 3.24 Å². The van der Waals surface area contributed by atoms with E-state index in [1.54, 1.807) is 0 Å². The molecule has 0 bridgehead atoms. The summed E-state index contributed by atoms with van der Waals surface area (Å²) in [4.78, 5) is 2.45. The van der Waals surface area contributed by atoms with E-state index in [0.29, 0.717) is 5.92 Å². The summed E-state index contributed by atoms with van der Waals surface area (Å²) in [6.07, 6.45) is 18.1. The second kappa shape index (κ2) is 17.0. The van der Waals surface area contributed by atoms with Gasteiger partial charge in [0.05, 0.1) is 5.41 Å². The number of fused-ring (bicyclic) bond motifs is 3. The highest BCUT2D eigenvalue weighted by Crippen LogP contribution is 2.61. The van der Waals surface area contributed by atoms with E-state index < -0.39 is 0 Å². The highest BCUT2D eigenvalue weighted by Gasteiger charge is 2.51. The highest BCUT2D eigenvalue weighted by molar-refractivity contribution is 5.83. The second-order valence-corrected chi connectivity index (χ2v) is 17.5. The molecule has 11 rings (SSSR count). The van der Waals surface area contributed by atoms with Crippen molar-refractivity contribution in [3.05, 3.63) is 281 Å². The fourth-order valence-electron chi connectivity index (χ4n) is 10.8. The van der Waals surface area contributed by atoms with Gasteiger partial charge in [-0.25, -0.2) is 0 Å². The molecule has 0 amide bonds. The molecule has 0 radical (unpaired) electrons. The van der Waals surface area contributed by atoms with Crippen molar-refractivity contribution < 1.29 is 0 Å². The first kappa shape index (κ1) is 39.4. The van der Waals surface area contributed by atoms with Gasteiger partial charge in [0.15, 0.2) is 0 Å². The first-order valence-corrected chi connectivity index (χ1v) is 22.9. The lowest BCUT2D eigenvalue weighted by Gasteiger charge is -2.38. The zero-order valence-electron chi connectivity index (χ0n) is 36.4. The van der Waals surface area contributed by atoms with E-state index in [1.165, 1.54) is 83.6 Å². The molecule has 8 aromatic carbocycles. The van der Waals surface area contributed by atoms with Crippen LogP contribution < -0.4 is 4.90 Å². The van der Waals surface area contributed by atoms with Gasteiger partial charge in [0.25, 0.3) is 0 Å². The Labute approximate surface area is 378 Å². The molecule has 0 aromatic heterocycles. The standard InChI is InChI=1S/C63H51N/c1-45-18-14-15-27-57(45)59-43-50(30-31-51(59)42-46-19-6-2-7-20-46)49-34-38-55(39-35-49)64(54-36-32-48(33-37-54)47-21-8-3-9-22-47)56-40-41-62-60(44-56)58-28-16-17-29-61(58)63(62,52-23-10-4-11-24-52)53-25-12-5-13-26-53/h2-12,14-25,27,29-41,43-44,58H,13,26,28,42H2,1H3. The van der Waals surface area contributed by atoms with Crippen molar-refractivity contribution in [2.75, 3.05) is 4.90 Å². The summed E-state index contributed by atoms with van der Waals surface area (Å²) in [7, 11) is 0. The van der Waals surface area contributed by atoms with Crippen LogP contribution in [0.25, 0.3) is 33.4 Å². The largest absolute Gasteiger partial charge is 0.310 e. The van der Waals surface area contributed by atoms with Crippen molar-refractivity contribution in [1.29, 1.82) is 0 Å². The Balaban J connectivity index is 1.03. The molecular formula is C63H51N. The number of hydrogen-bond acceptors (Lipinski definition) is 1. The molecule has 0 saturated carbocycles. The summed E-state index contributed by atoms with van der Waals surface area (Å²) in [5.74, 6) is 0.295. The van der Waals surface area contributed by atoms with Crippen molar-refractivity contribution in [1.82, 2.24) is 0 Å². The monoisotopic (exact) mass is 821 g/mol. The lowest BCUT2D eigenvalue weighted by Crippen LogP contribution is -2.31. The summed E-state index contributed by atoms with van der Waals surface area (Å²) < 4.78 is 0. The van der Waals surface area contributed by atoms with Gasteiger partial charge in [0, 0.05) is 23.0 Å². The minimum Gasteiger partial charge on any atom is -0.310 e. The number of nitrogens with zero attached hydrogens (tertiary/aromatic N) is 1. The average molecular weight is 822 g/mol. The van der Waals surface area contributed by atoms with E-state index in [4.69, 9.17) is 0 Å². The smallest absolute Gasteiger partial charge is 0.0636 e. The molecular weight excluding hydrogens is 771 g/mol. The molecule has 64 heavy (non-hydrogen) atoms. The number of rotatable bonds is 10. The predicted octanol–water partition coefficient (Wildman–Crippen LogP) is 16.6. The van der Waals surface area contributed by atoms with Crippen molar-refractivity contribution in [3.8, 4) is 33.4 Å². The summed E-state index contributed by atoms with van der Waals surface area (Å²) >= 11 is 0. The zero-order chi connectivity index (χ0) is 42.9. The average Bonchev–Trinajstić information content (AvgIpc) is 3.66. The van der Waals surface area contributed by atoms with Gasteiger partial charge in [-0.1, -0.05) is 200 Å². The van der Waals surface area contributed by atoms with Crippen molar-refractivity contribution >= 4 is 17.1 Å². The number of benzene rings is 8. The van der Waals surface area contributed by atoms with Crippen LogP contribution in [0.4, 0.5) is 17.1 Å². The van der Waals surface area contributed by atoms with Crippen molar-refractivity contribution in [2.24, 2.45) is 0 Å². The maximum atomic E-state index is 2.51. The summed E-state index contributed by atoms with van der Waals surface area (Å²) in [5.41, 5.74) is 21.7. The summed E-state index contributed by atoms with van der Waals surface area (Å²) in [6.45, 7) is 2.22. The Hall–Kier alpha value is -7.48. The number of allylic oxidation sites excluding steroid dienone is 8. The van der Waals surface area contributed by atoms with Gasteiger partial charge in [-0.15, -0.1) is 0 Å². The maximum Gasteiger partial charge on any atom is 0.0636 e. The molecule has 3 aliphatic carbocycles. The summed E-state index contributed by atoms with van der Waals surface area (Å²) in [6, 6.07) is 74.2. The Morgan fingerprint density at radius 3 is 1.83 bits per heavy atom. The van der Waals surface area contributed by atoms with Gasteiger partial charge in [0.2, 0.25) is 0 Å². The van der Waals surface area contributed by atoms with E-state index in [2.05, 4.69) is 248 Å². The zero-order valence-corrected chi connectivity index (χ0v) is 36.4. The lowest BCUT2D eigenvalue weighted by molar-refractivity contribution is 0.647. The first-order valence-electron chi connectivity index (χ1n) is 22.9. The minimum atomic E-state index is -0.299. The molecule has 2 unspecified atom stereocenters. The molecule has 0 heterocycles. The highest BCUT2D eigenvalue weighted by atomic mass is 15.1. The van der Waals surface area contributed by atoms with Crippen LogP contribution in [0.5, 0.6) is 0 Å². The van der Waals surface area contributed by atoms with Crippen LogP contribution in [0.2, 0.25) is 0 Å². The molecule has 1 nitrogen and oxygen atoms in total. The molecule has 0 fully saturated rings. The maximum absolute atomic E-state index is 2.51. The molecule has 3 aliphatic rings. The van der Waals surface area contributed by atoms with E-state index >= 15 is 0 Å². The molecule has 0 saturated heterocycles. The molecule has 308 valence electrons. The SMILES string of the molecule is Cc1ccccc1-c1cc(-c2ccc(N(c3ccc(-c4ccccc4)cc3)c3ccc4c(c3)C3CC=CC=C3C4(C3=CC=CCC3)c3ccccc3)cc2)ccc1Cc1ccccc1. The Kier molecular flexibility index (Phi) is 10.5. The van der Waals surface area contributed by atoms with E-state index in [-0.39, 0.29) is 5.41 Å². The lowest BCUT2D eigenvalue weighted by atomic mass is 9.64. The molecule has 1 heteroatoms. The fourth-order valence-corrected chi connectivity index (χ4v) is 10.8. The van der Waals surface area contributed by atoms with E-state index in [0.717, 1.165) is 37.1 Å². The van der Waals surface area contributed by atoms with Crippen LogP contribution in [0.3, 0.4) is 0 Å². The van der Waals surface area contributed by atoms with Crippen LogP contribution in [0.1, 0.15) is 58.6 Å². The van der Waals surface area contributed by atoms with Gasteiger partial charge < -0.3 is 4.90 Å². The number of anilines is 3. The first-order chi connectivity index (χ1) is 31.6. The molecule has 2 atom stereocenters. The van der Waals surface area contributed by atoms with E-state index in [9.17, 15) is 0 Å². The van der Waals surface area contributed by atoms with Gasteiger partial charge in [-0.2, -0.15) is 0 Å². The van der Waals surface area contributed by atoms with Crippen LogP contribution in [0, 0.1) is 6.92 Å². The Morgan fingerprint density at radius 2 is 1.12 bits per heavy atom. The minimum absolute atomic E-state index is 0.295. The Bertz CT molecular complexity index is 3080. The predicted molar refractivity (Wildman–Crippen MR) is 270 cm³/mol. The molecule has 0 aliphatic heterocycles.